The summed E-state index contributed by atoms with van der Waals surface area (Å²) in [6, 6.07) is 0. The summed E-state index contributed by atoms with van der Waals surface area (Å²) in [5, 5.41) is 10.6. The van der Waals surface area contributed by atoms with Crippen LogP contribution in [0.2, 0.25) is 0 Å². The van der Waals surface area contributed by atoms with Crippen LogP contribution in [0.5, 0.6) is 0 Å². The van der Waals surface area contributed by atoms with Crippen LogP contribution in [0.1, 0.15) is 64.2 Å². The molecule has 0 spiro atoms. The molecular weight excluding hydrogens is 350 g/mol. The summed E-state index contributed by atoms with van der Waals surface area (Å²) in [5.74, 6) is 2.21. The van der Waals surface area contributed by atoms with Gasteiger partial charge >= 0.3 is 0 Å². The molecule has 1 N–H and O–H groups in total. The molecule has 5 nitrogen and oxygen atoms in total. The van der Waals surface area contributed by atoms with E-state index in [4.69, 9.17) is 14.7 Å². The van der Waals surface area contributed by atoms with Crippen LogP contribution in [0.15, 0.2) is 0 Å². The van der Waals surface area contributed by atoms with Gasteiger partial charge in [-0.2, -0.15) is 11.8 Å². The van der Waals surface area contributed by atoms with Crippen molar-refractivity contribution in [1.29, 1.82) is 0 Å². The maximum Gasteiger partial charge on any atom is 0.245 e. The van der Waals surface area contributed by atoms with Crippen LogP contribution >= 0.6 is 11.8 Å². The second-order valence-electron chi connectivity index (χ2n) is 8.16. The van der Waals surface area contributed by atoms with E-state index in [9.17, 15) is 4.79 Å². The van der Waals surface area contributed by atoms with Gasteiger partial charge in [0, 0.05) is 37.2 Å². The second-order valence-corrected chi connectivity index (χ2v) is 9.49. The smallest absolute Gasteiger partial charge is 0.245 e. The minimum absolute atomic E-state index is 0.230. The predicted octanol–water partition coefficient (Wildman–Crippen LogP) is 3.88. The number of nitrogens with zero attached hydrogens (tertiary/aromatic N) is 1. The van der Waals surface area contributed by atoms with E-state index in [-0.39, 0.29) is 5.91 Å². The third-order valence-corrected chi connectivity index (χ3v) is 7.79. The van der Waals surface area contributed by atoms with Gasteiger partial charge in [-0.3, -0.25) is 10.0 Å². The Labute approximate surface area is 162 Å². The van der Waals surface area contributed by atoms with Gasteiger partial charge in [0.05, 0.1) is 18.8 Å². The summed E-state index contributed by atoms with van der Waals surface area (Å²) < 4.78 is 12.2. The molecule has 2 bridgehead atoms. The van der Waals surface area contributed by atoms with E-state index >= 15 is 0 Å². The van der Waals surface area contributed by atoms with E-state index in [1.54, 1.807) is 0 Å². The van der Waals surface area contributed by atoms with Crippen molar-refractivity contribution in [2.45, 2.75) is 81.7 Å². The highest BCUT2D eigenvalue weighted by Gasteiger charge is 2.48. The molecule has 150 valence electrons. The van der Waals surface area contributed by atoms with Gasteiger partial charge < -0.3 is 9.47 Å². The lowest BCUT2D eigenvalue weighted by Crippen LogP contribution is -2.33. The summed E-state index contributed by atoms with van der Waals surface area (Å²) in [6.45, 7) is 1.49. The third-order valence-electron chi connectivity index (χ3n) is 6.27. The topological polar surface area (TPSA) is 59.0 Å². The van der Waals surface area contributed by atoms with Gasteiger partial charge in [-0.05, 0) is 44.3 Å². The fourth-order valence-corrected chi connectivity index (χ4v) is 6.30. The summed E-state index contributed by atoms with van der Waals surface area (Å²) in [5.41, 5.74) is 0. The summed E-state index contributed by atoms with van der Waals surface area (Å²) >= 11 is 2.19. The molecule has 3 fully saturated rings. The van der Waals surface area contributed by atoms with Crippen LogP contribution in [0, 0.1) is 11.8 Å². The number of carbonyl (C=O) groups excluding carboxylic acids is 1. The number of thioether (sulfide) groups is 1. The molecule has 3 aliphatic rings. The van der Waals surface area contributed by atoms with Crippen molar-refractivity contribution < 1.29 is 19.5 Å². The lowest BCUT2D eigenvalue weighted by atomic mass is 9.81. The standard InChI is InChI=1S/C20H35NO4S/c1-21(23)20(22)9-5-6-12-24-13-16-17(19-11-10-18(16)25-19)14-26-15-7-3-2-4-8-15/h15-19,23H,2-14H2,1H3. The van der Waals surface area contributed by atoms with Crippen molar-refractivity contribution in [2.75, 3.05) is 26.0 Å². The maximum atomic E-state index is 11.3. The molecule has 0 radical (unpaired) electrons. The van der Waals surface area contributed by atoms with Crippen molar-refractivity contribution in [3.63, 3.8) is 0 Å². The first-order valence-corrected chi connectivity index (χ1v) is 11.5. The molecule has 2 saturated heterocycles. The van der Waals surface area contributed by atoms with Crippen LogP contribution < -0.4 is 0 Å². The first kappa shape index (κ1) is 20.4. The minimum atomic E-state index is -0.230. The first-order valence-electron chi connectivity index (χ1n) is 10.5. The van der Waals surface area contributed by atoms with Crippen molar-refractivity contribution in [3.8, 4) is 0 Å². The van der Waals surface area contributed by atoms with Gasteiger partial charge in [0.2, 0.25) is 5.91 Å². The molecule has 1 amide bonds. The van der Waals surface area contributed by atoms with Crippen LogP contribution in [0.4, 0.5) is 0 Å². The fraction of sp³-hybridized carbons (Fsp3) is 0.950. The van der Waals surface area contributed by atoms with Gasteiger partial charge in [-0.15, -0.1) is 0 Å². The number of ether oxygens (including phenoxy) is 2. The highest BCUT2D eigenvalue weighted by molar-refractivity contribution is 7.99. The molecule has 4 atom stereocenters. The Morgan fingerprint density at radius 3 is 2.58 bits per heavy atom. The minimum Gasteiger partial charge on any atom is -0.381 e. The lowest BCUT2D eigenvalue weighted by Gasteiger charge is -2.30. The molecule has 0 aromatic carbocycles. The van der Waals surface area contributed by atoms with Crippen LogP contribution in [0.3, 0.4) is 0 Å². The molecule has 3 rings (SSSR count). The van der Waals surface area contributed by atoms with E-state index in [0.717, 1.165) is 24.7 Å². The van der Waals surface area contributed by atoms with Crippen molar-refractivity contribution in [1.82, 2.24) is 5.06 Å². The van der Waals surface area contributed by atoms with Gasteiger partial charge in [0.15, 0.2) is 0 Å². The molecule has 26 heavy (non-hydrogen) atoms. The molecule has 1 aliphatic carbocycles. The fourth-order valence-electron chi connectivity index (χ4n) is 4.67. The maximum absolute atomic E-state index is 11.3. The van der Waals surface area contributed by atoms with Gasteiger partial charge in [0.1, 0.15) is 0 Å². The Bertz CT molecular complexity index is 442. The number of hydrogen-bond donors (Lipinski definition) is 1. The van der Waals surface area contributed by atoms with E-state index in [0.29, 0.717) is 42.1 Å². The number of amides is 1. The zero-order chi connectivity index (χ0) is 18.4. The van der Waals surface area contributed by atoms with Crippen LogP contribution in [0.25, 0.3) is 0 Å². The highest BCUT2D eigenvalue weighted by atomic mass is 32.2. The summed E-state index contributed by atoms with van der Waals surface area (Å²) in [4.78, 5) is 11.3. The van der Waals surface area contributed by atoms with E-state index in [1.165, 1.54) is 57.7 Å². The largest absolute Gasteiger partial charge is 0.381 e. The van der Waals surface area contributed by atoms with E-state index in [1.807, 2.05) is 0 Å². The predicted molar refractivity (Wildman–Crippen MR) is 103 cm³/mol. The van der Waals surface area contributed by atoms with Crippen molar-refractivity contribution in [3.05, 3.63) is 0 Å². The Balaban J connectivity index is 1.33. The van der Waals surface area contributed by atoms with Crippen molar-refractivity contribution in [2.24, 2.45) is 11.8 Å². The Hall–Kier alpha value is -0.300. The van der Waals surface area contributed by atoms with Gasteiger partial charge in [-0.25, -0.2) is 5.06 Å². The Morgan fingerprint density at radius 2 is 1.85 bits per heavy atom. The molecule has 4 unspecified atom stereocenters. The molecular formula is C20H35NO4S. The number of hydroxylamine groups is 2. The SMILES string of the molecule is CN(O)C(=O)CCCCOCC1C2CCC(O2)C1CSC1CCCCC1. The Kier molecular flexibility index (Phi) is 8.10. The number of unbranched alkanes of at least 4 members (excludes halogenated alkanes) is 1. The monoisotopic (exact) mass is 385 g/mol. The highest BCUT2D eigenvalue weighted by Crippen LogP contribution is 2.46. The average Bonchev–Trinajstić information content (AvgIpc) is 3.25. The van der Waals surface area contributed by atoms with Crippen molar-refractivity contribution >= 4 is 17.7 Å². The number of hydrogen-bond acceptors (Lipinski definition) is 5. The van der Waals surface area contributed by atoms with E-state index < -0.39 is 0 Å². The van der Waals surface area contributed by atoms with Gasteiger partial charge in [0.25, 0.3) is 0 Å². The third kappa shape index (κ3) is 5.60. The molecule has 0 aromatic rings. The zero-order valence-electron chi connectivity index (χ0n) is 16.1. The molecule has 1 saturated carbocycles. The number of rotatable bonds is 10. The quantitative estimate of drug-likeness (QED) is 0.351. The summed E-state index contributed by atoms with van der Waals surface area (Å²) in [7, 11) is 1.37. The Morgan fingerprint density at radius 1 is 1.12 bits per heavy atom. The summed E-state index contributed by atoms with van der Waals surface area (Å²) in [6.07, 6.45) is 12.3. The lowest BCUT2D eigenvalue weighted by molar-refractivity contribution is -0.159. The zero-order valence-corrected chi connectivity index (χ0v) is 16.9. The average molecular weight is 386 g/mol. The molecule has 2 aliphatic heterocycles. The number of carbonyl (C=O) groups is 1. The second kappa shape index (κ2) is 10.3. The molecule has 0 aromatic heterocycles. The van der Waals surface area contributed by atoms with Crippen LogP contribution in [-0.4, -0.2) is 59.6 Å². The first-order chi connectivity index (χ1) is 12.6. The van der Waals surface area contributed by atoms with Crippen LogP contribution in [-0.2, 0) is 14.3 Å². The molecule has 6 heteroatoms. The molecule has 2 heterocycles. The van der Waals surface area contributed by atoms with Gasteiger partial charge in [-0.1, -0.05) is 19.3 Å². The normalized spacial score (nSPS) is 31.5. The van der Waals surface area contributed by atoms with E-state index in [2.05, 4.69) is 11.8 Å². The number of fused-ring (bicyclic) bond motifs is 2.